The van der Waals surface area contributed by atoms with Gasteiger partial charge in [0.2, 0.25) is 5.91 Å². The van der Waals surface area contributed by atoms with E-state index in [9.17, 15) is 13.2 Å². The number of nitrogens with one attached hydrogen (secondary N) is 1. The SMILES string of the molecule is CC(=O)N(C)Cc1ccccc1NC1CCCS(=O)(=O)C1. The number of benzene rings is 1. The summed E-state index contributed by atoms with van der Waals surface area (Å²) in [5, 5.41) is 3.33. The molecular weight excluding hydrogens is 288 g/mol. The predicted octanol–water partition coefficient (Wildman–Crippen LogP) is 1.65. The van der Waals surface area contributed by atoms with Crippen LogP contribution in [0.5, 0.6) is 0 Å². The van der Waals surface area contributed by atoms with Gasteiger partial charge < -0.3 is 10.2 Å². The third-order valence-corrected chi connectivity index (χ3v) is 5.61. The summed E-state index contributed by atoms with van der Waals surface area (Å²) in [4.78, 5) is 13.0. The molecule has 1 aliphatic rings. The Labute approximate surface area is 126 Å². The molecule has 5 nitrogen and oxygen atoms in total. The van der Waals surface area contributed by atoms with Gasteiger partial charge in [-0.2, -0.15) is 0 Å². The van der Waals surface area contributed by atoms with Crippen LogP contribution in [0.2, 0.25) is 0 Å². The van der Waals surface area contributed by atoms with Gasteiger partial charge in [0.25, 0.3) is 0 Å². The zero-order chi connectivity index (χ0) is 15.5. The summed E-state index contributed by atoms with van der Waals surface area (Å²) in [6.45, 7) is 2.04. The molecule has 0 bridgehead atoms. The topological polar surface area (TPSA) is 66.5 Å². The number of carbonyl (C=O) groups excluding carboxylic acids is 1. The van der Waals surface area contributed by atoms with Crippen molar-refractivity contribution in [2.24, 2.45) is 0 Å². The average Bonchev–Trinajstić information content (AvgIpc) is 2.39. The van der Waals surface area contributed by atoms with Crippen LogP contribution in [0.25, 0.3) is 0 Å². The number of sulfone groups is 1. The van der Waals surface area contributed by atoms with Crippen LogP contribution in [0.4, 0.5) is 5.69 Å². The molecule has 0 aromatic heterocycles. The van der Waals surface area contributed by atoms with Crippen LogP contribution in [0.3, 0.4) is 0 Å². The van der Waals surface area contributed by atoms with Gasteiger partial charge in [-0.15, -0.1) is 0 Å². The van der Waals surface area contributed by atoms with Crippen molar-refractivity contribution < 1.29 is 13.2 Å². The van der Waals surface area contributed by atoms with Crippen molar-refractivity contribution in [2.75, 3.05) is 23.9 Å². The van der Waals surface area contributed by atoms with E-state index in [1.165, 1.54) is 6.92 Å². The van der Waals surface area contributed by atoms with Gasteiger partial charge in [0.15, 0.2) is 9.84 Å². The van der Waals surface area contributed by atoms with Crippen molar-refractivity contribution in [3.8, 4) is 0 Å². The van der Waals surface area contributed by atoms with E-state index in [4.69, 9.17) is 0 Å². The largest absolute Gasteiger partial charge is 0.381 e. The van der Waals surface area contributed by atoms with E-state index >= 15 is 0 Å². The average molecular weight is 310 g/mol. The van der Waals surface area contributed by atoms with Crippen molar-refractivity contribution in [1.29, 1.82) is 0 Å². The minimum atomic E-state index is -2.93. The van der Waals surface area contributed by atoms with E-state index in [1.807, 2.05) is 24.3 Å². The van der Waals surface area contributed by atoms with E-state index in [1.54, 1.807) is 11.9 Å². The van der Waals surface area contributed by atoms with Gasteiger partial charge in [0, 0.05) is 32.2 Å². The lowest BCUT2D eigenvalue weighted by Crippen LogP contribution is -2.35. The van der Waals surface area contributed by atoms with Crippen LogP contribution in [0, 0.1) is 0 Å². The smallest absolute Gasteiger partial charge is 0.219 e. The second-order valence-electron chi connectivity index (χ2n) is 5.63. The van der Waals surface area contributed by atoms with Crippen LogP contribution in [0.1, 0.15) is 25.3 Å². The highest BCUT2D eigenvalue weighted by molar-refractivity contribution is 7.91. The Balaban J connectivity index is 2.11. The van der Waals surface area contributed by atoms with E-state index in [-0.39, 0.29) is 17.7 Å². The fourth-order valence-electron chi connectivity index (χ4n) is 2.52. The van der Waals surface area contributed by atoms with E-state index in [0.29, 0.717) is 18.7 Å². The predicted molar refractivity (Wildman–Crippen MR) is 83.9 cm³/mol. The molecule has 1 N–H and O–H groups in total. The molecule has 1 saturated heterocycles. The Hall–Kier alpha value is -1.56. The second kappa shape index (κ2) is 6.47. The Kier molecular flexibility index (Phi) is 4.88. The molecule has 116 valence electrons. The number of para-hydroxylation sites is 1. The monoisotopic (exact) mass is 310 g/mol. The first-order valence-electron chi connectivity index (χ1n) is 7.14. The van der Waals surface area contributed by atoms with Crippen molar-refractivity contribution in [3.63, 3.8) is 0 Å². The summed E-state index contributed by atoms with van der Waals surface area (Å²) in [5.41, 5.74) is 1.91. The van der Waals surface area contributed by atoms with Gasteiger partial charge in [-0.1, -0.05) is 18.2 Å². The van der Waals surface area contributed by atoms with Gasteiger partial charge in [0.1, 0.15) is 0 Å². The van der Waals surface area contributed by atoms with Crippen molar-refractivity contribution in [2.45, 2.75) is 32.4 Å². The van der Waals surface area contributed by atoms with E-state index in [0.717, 1.165) is 17.7 Å². The maximum absolute atomic E-state index is 11.7. The lowest BCUT2D eigenvalue weighted by atomic mass is 10.1. The summed E-state index contributed by atoms with van der Waals surface area (Å²) in [6.07, 6.45) is 1.56. The number of hydrogen-bond acceptors (Lipinski definition) is 4. The lowest BCUT2D eigenvalue weighted by Gasteiger charge is -2.26. The van der Waals surface area contributed by atoms with Crippen LogP contribution in [-0.4, -0.2) is 43.8 Å². The quantitative estimate of drug-likeness (QED) is 0.918. The van der Waals surface area contributed by atoms with Gasteiger partial charge >= 0.3 is 0 Å². The molecule has 1 aliphatic heterocycles. The molecule has 2 rings (SSSR count). The zero-order valence-electron chi connectivity index (χ0n) is 12.5. The number of nitrogens with zero attached hydrogens (tertiary/aromatic N) is 1. The summed E-state index contributed by atoms with van der Waals surface area (Å²) in [6, 6.07) is 7.68. The lowest BCUT2D eigenvalue weighted by molar-refractivity contribution is -0.128. The Morgan fingerprint density at radius 2 is 2.10 bits per heavy atom. The highest BCUT2D eigenvalue weighted by atomic mass is 32.2. The van der Waals surface area contributed by atoms with Crippen molar-refractivity contribution in [1.82, 2.24) is 4.90 Å². The molecule has 1 unspecified atom stereocenters. The third-order valence-electron chi connectivity index (χ3n) is 3.79. The molecule has 21 heavy (non-hydrogen) atoms. The molecule has 0 aliphatic carbocycles. The van der Waals surface area contributed by atoms with Crippen molar-refractivity contribution in [3.05, 3.63) is 29.8 Å². The molecule has 0 saturated carbocycles. The first-order valence-corrected chi connectivity index (χ1v) is 8.96. The molecule has 1 amide bonds. The van der Waals surface area contributed by atoms with Crippen LogP contribution < -0.4 is 5.32 Å². The maximum Gasteiger partial charge on any atom is 0.219 e. The Morgan fingerprint density at radius 1 is 1.38 bits per heavy atom. The molecule has 0 spiro atoms. The number of anilines is 1. The van der Waals surface area contributed by atoms with Crippen LogP contribution >= 0.6 is 0 Å². The minimum absolute atomic E-state index is 0.00467. The molecule has 6 heteroatoms. The Bertz CT molecular complexity index is 613. The van der Waals surface area contributed by atoms with Gasteiger partial charge in [0.05, 0.1) is 11.5 Å². The fraction of sp³-hybridized carbons (Fsp3) is 0.533. The molecular formula is C15H22N2O3S. The first kappa shape index (κ1) is 15.8. The highest BCUT2D eigenvalue weighted by Gasteiger charge is 2.25. The first-order chi connectivity index (χ1) is 9.87. The van der Waals surface area contributed by atoms with Crippen molar-refractivity contribution >= 4 is 21.4 Å². The summed E-state index contributed by atoms with van der Waals surface area (Å²) in [7, 11) is -1.17. The Morgan fingerprint density at radius 3 is 2.76 bits per heavy atom. The van der Waals surface area contributed by atoms with Gasteiger partial charge in [-0.3, -0.25) is 4.79 Å². The summed E-state index contributed by atoms with van der Waals surface area (Å²) < 4.78 is 23.4. The third kappa shape index (κ3) is 4.46. The number of amides is 1. The number of hydrogen-bond donors (Lipinski definition) is 1. The van der Waals surface area contributed by atoms with Crippen LogP contribution in [0.15, 0.2) is 24.3 Å². The highest BCUT2D eigenvalue weighted by Crippen LogP contribution is 2.21. The molecule has 1 fully saturated rings. The van der Waals surface area contributed by atoms with Crippen LogP contribution in [-0.2, 0) is 21.2 Å². The standard InChI is InChI=1S/C15H22N2O3S/c1-12(18)17(2)10-13-6-3-4-8-15(13)16-14-7-5-9-21(19,20)11-14/h3-4,6,8,14,16H,5,7,9-11H2,1-2H3. The molecule has 0 radical (unpaired) electrons. The summed E-state index contributed by atoms with van der Waals surface area (Å²) in [5.74, 6) is 0.481. The molecule has 1 heterocycles. The molecule has 1 aromatic carbocycles. The molecule has 1 atom stereocenters. The van der Waals surface area contributed by atoms with E-state index < -0.39 is 9.84 Å². The zero-order valence-corrected chi connectivity index (χ0v) is 13.3. The molecule has 1 aromatic rings. The fourth-order valence-corrected chi connectivity index (χ4v) is 4.16. The minimum Gasteiger partial charge on any atom is -0.381 e. The second-order valence-corrected chi connectivity index (χ2v) is 7.86. The maximum atomic E-state index is 11.7. The number of rotatable bonds is 4. The normalized spacial score (nSPS) is 20.8. The van der Waals surface area contributed by atoms with Gasteiger partial charge in [-0.25, -0.2) is 8.42 Å². The number of carbonyl (C=O) groups is 1. The summed E-state index contributed by atoms with van der Waals surface area (Å²) >= 11 is 0. The van der Waals surface area contributed by atoms with Gasteiger partial charge in [-0.05, 0) is 24.5 Å². The van der Waals surface area contributed by atoms with E-state index in [2.05, 4.69) is 5.32 Å².